The van der Waals surface area contributed by atoms with Gasteiger partial charge < -0.3 is 4.74 Å². The minimum Gasteiger partial charge on any atom is -0.497 e. The Morgan fingerprint density at radius 1 is 1.39 bits per heavy atom. The van der Waals surface area contributed by atoms with Gasteiger partial charge in [0, 0.05) is 17.6 Å². The Morgan fingerprint density at radius 3 is 2.78 bits per heavy atom. The van der Waals surface area contributed by atoms with E-state index in [0.717, 1.165) is 22.8 Å². The third-order valence-electron chi connectivity index (χ3n) is 2.07. The number of amides is 1. The van der Waals surface area contributed by atoms with E-state index in [0.29, 0.717) is 5.13 Å². The second-order valence-corrected chi connectivity index (χ2v) is 4.00. The molecule has 0 aliphatic carbocycles. The fourth-order valence-electron chi connectivity index (χ4n) is 1.22. The molecule has 6 nitrogen and oxygen atoms in total. The van der Waals surface area contributed by atoms with Gasteiger partial charge in [0.1, 0.15) is 5.75 Å². The third-order valence-corrected chi connectivity index (χ3v) is 2.58. The number of methoxy groups -OCH3 is 1. The normalized spacial score (nSPS) is 10.5. The Labute approximate surface area is 107 Å². The fraction of sp³-hybridized carbons (Fsp3) is 0.0909. The number of aromatic nitrogens is 3. The predicted molar refractivity (Wildman–Crippen MR) is 68.4 cm³/mol. The first-order valence-electron chi connectivity index (χ1n) is 5.06. The summed E-state index contributed by atoms with van der Waals surface area (Å²) in [7, 11) is 1.61. The molecular formula is C11H10N4O2S. The maximum Gasteiger partial charge on any atom is 0.250 e. The molecule has 0 saturated carbocycles. The summed E-state index contributed by atoms with van der Waals surface area (Å²) in [6.45, 7) is 0. The van der Waals surface area contributed by atoms with Crippen LogP contribution in [-0.2, 0) is 4.79 Å². The molecule has 2 rings (SSSR count). The molecule has 0 radical (unpaired) electrons. The number of carbonyl (C=O) groups excluding carboxylic acids is 1. The number of benzene rings is 1. The number of nitrogens with zero attached hydrogens (tertiary/aromatic N) is 3. The lowest BCUT2D eigenvalue weighted by Crippen LogP contribution is -2.07. The van der Waals surface area contributed by atoms with Crippen LogP contribution in [0.1, 0.15) is 5.56 Å². The van der Waals surface area contributed by atoms with Gasteiger partial charge in [-0.1, -0.05) is 21.7 Å². The van der Waals surface area contributed by atoms with Crippen LogP contribution in [0.4, 0.5) is 5.13 Å². The lowest BCUT2D eigenvalue weighted by Gasteiger charge is -1.99. The Bertz CT molecular complexity index is 537. The molecule has 2 aromatic rings. The molecule has 0 aliphatic heterocycles. The smallest absolute Gasteiger partial charge is 0.250 e. The highest BCUT2D eigenvalue weighted by atomic mass is 32.1. The van der Waals surface area contributed by atoms with Crippen LogP contribution >= 0.6 is 11.5 Å². The lowest BCUT2D eigenvalue weighted by molar-refractivity contribution is -0.111. The number of anilines is 1. The van der Waals surface area contributed by atoms with Crippen LogP contribution in [-0.4, -0.2) is 27.8 Å². The first kappa shape index (κ1) is 12.2. The van der Waals surface area contributed by atoms with Crippen molar-refractivity contribution < 1.29 is 9.53 Å². The van der Waals surface area contributed by atoms with E-state index in [-0.39, 0.29) is 5.91 Å². The van der Waals surface area contributed by atoms with Crippen LogP contribution in [0.3, 0.4) is 0 Å². The van der Waals surface area contributed by atoms with Gasteiger partial charge in [0.2, 0.25) is 11.0 Å². The SMILES string of the molecule is COc1ccc(/C=C/C(=O)Nc2nnns2)cc1. The highest BCUT2D eigenvalue weighted by Gasteiger charge is 2.01. The quantitative estimate of drug-likeness (QED) is 0.847. The van der Waals surface area contributed by atoms with E-state index in [1.54, 1.807) is 13.2 Å². The first-order chi connectivity index (χ1) is 8.78. The maximum atomic E-state index is 11.5. The standard InChI is InChI=1S/C11H10N4O2S/c1-17-9-5-2-8(3-6-9)4-7-10(16)12-11-13-14-15-18-11/h2-7H,1H3,(H,12,13,15,16)/b7-4+. The van der Waals surface area contributed by atoms with E-state index in [1.807, 2.05) is 24.3 Å². The highest BCUT2D eigenvalue weighted by Crippen LogP contribution is 2.12. The summed E-state index contributed by atoms with van der Waals surface area (Å²) in [5.74, 6) is 0.501. The van der Waals surface area contributed by atoms with Crippen molar-refractivity contribution in [2.45, 2.75) is 0 Å². The average Bonchev–Trinajstić information content (AvgIpc) is 2.90. The summed E-state index contributed by atoms with van der Waals surface area (Å²) in [6.07, 6.45) is 3.12. The molecule has 1 N–H and O–H groups in total. The molecule has 7 heteroatoms. The van der Waals surface area contributed by atoms with Crippen LogP contribution in [0.2, 0.25) is 0 Å². The highest BCUT2D eigenvalue weighted by molar-refractivity contribution is 7.09. The molecule has 0 aliphatic rings. The zero-order chi connectivity index (χ0) is 12.8. The number of ether oxygens (including phenoxy) is 1. The summed E-state index contributed by atoms with van der Waals surface area (Å²) in [5, 5.41) is 9.91. The molecule has 0 bridgehead atoms. The van der Waals surface area contributed by atoms with Crippen LogP contribution in [0.15, 0.2) is 30.3 Å². The number of hydrogen-bond acceptors (Lipinski definition) is 6. The second-order valence-electron chi connectivity index (χ2n) is 3.26. The van der Waals surface area contributed by atoms with Crippen LogP contribution < -0.4 is 10.1 Å². The predicted octanol–water partition coefficient (Wildman–Crippen LogP) is 1.59. The van der Waals surface area contributed by atoms with Crippen molar-refractivity contribution in [2.75, 3.05) is 12.4 Å². The summed E-state index contributed by atoms with van der Waals surface area (Å²) < 4.78 is 8.58. The van der Waals surface area contributed by atoms with Crippen molar-refractivity contribution in [1.82, 2.24) is 14.8 Å². The zero-order valence-corrected chi connectivity index (χ0v) is 10.3. The van der Waals surface area contributed by atoms with Crippen molar-refractivity contribution in [3.05, 3.63) is 35.9 Å². The van der Waals surface area contributed by atoms with Gasteiger partial charge in [-0.2, -0.15) is 0 Å². The van der Waals surface area contributed by atoms with E-state index >= 15 is 0 Å². The van der Waals surface area contributed by atoms with Gasteiger partial charge in [-0.25, -0.2) is 0 Å². The van der Waals surface area contributed by atoms with Crippen LogP contribution in [0, 0.1) is 0 Å². The Kier molecular flexibility index (Phi) is 3.98. The number of nitrogens with one attached hydrogen (secondary N) is 1. The zero-order valence-electron chi connectivity index (χ0n) is 9.53. The van der Waals surface area contributed by atoms with Gasteiger partial charge in [-0.3, -0.25) is 10.1 Å². The van der Waals surface area contributed by atoms with Gasteiger partial charge in [0.25, 0.3) is 0 Å². The molecule has 18 heavy (non-hydrogen) atoms. The van der Waals surface area contributed by atoms with Crippen molar-refractivity contribution in [3.8, 4) is 5.75 Å². The fourth-order valence-corrected chi connectivity index (χ4v) is 1.59. The van der Waals surface area contributed by atoms with Gasteiger partial charge >= 0.3 is 0 Å². The molecule has 1 amide bonds. The van der Waals surface area contributed by atoms with E-state index in [2.05, 4.69) is 20.1 Å². The summed E-state index contributed by atoms with van der Waals surface area (Å²) in [6, 6.07) is 7.36. The Morgan fingerprint density at radius 2 is 2.17 bits per heavy atom. The van der Waals surface area contributed by atoms with Gasteiger partial charge in [0.15, 0.2) is 0 Å². The largest absolute Gasteiger partial charge is 0.497 e. The molecule has 1 heterocycles. The van der Waals surface area contributed by atoms with Crippen molar-refractivity contribution in [1.29, 1.82) is 0 Å². The first-order valence-corrected chi connectivity index (χ1v) is 5.83. The molecule has 92 valence electrons. The van der Waals surface area contributed by atoms with Crippen molar-refractivity contribution in [2.24, 2.45) is 0 Å². The molecule has 0 atom stereocenters. The van der Waals surface area contributed by atoms with Gasteiger partial charge in [-0.05, 0) is 29.0 Å². The van der Waals surface area contributed by atoms with E-state index in [1.165, 1.54) is 6.08 Å². The summed E-state index contributed by atoms with van der Waals surface area (Å²) in [5.41, 5.74) is 0.904. The number of carbonyl (C=O) groups is 1. The van der Waals surface area contributed by atoms with Crippen LogP contribution in [0.5, 0.6) is 5.75 Å². The van der Waals surface area contributed by atoms with Crippen molar-refractivity contribution >= 4 is 28.6 Å². The molecule has 0 fully saturated rings. The second kappa shape index (κ2) is 5.87. The monoisotopic (exact) mass is 262 g/mol. The maximum absolute atomic E-state index is 11.5. The van der Waals surface area contributed by atoms with Crippen LogP contribution in [0.25, 0.3) is 6.08 Å². The molecule has 0 unspecified atom stereocenters. The molecule has 1 aromatic carbocycles. The topological polar surface area (TPSA) is 77.0 Å². The number of hydrogen-bond donors (Lipinski definition) is 1. The molecule has 0 spiro atoms. The Balaban J connectivity index is 1.95. The Hall–Kier alpha value is -2.28. The minimum absolute atomic E-state index is 0.274. The van der Waals surface area contributed by atoms with Gasteiger partial charge in [0.05, 0.1) is 7.11 Å². The van der Waals surface area contributed by atoms with E-state index < -0.39 is 0 Å². The molecular weight excluding hydrogens is 252 g/mol. The summed E-state index contributed by atoms with van der Waals surface area (Å²) in [4.78, 5) is 11.5. The average molecular weight is 262 g/mol. The minimum atomic E-state index is -0.274. The third kappa shape index (κ3) is 3.36. The van der Waals surface area contributed by atoms with E-state index in [9.17, 15) is 4.79 Å². The summed E-state index contributed by atoms with van der Waals surface area (Å²) >= 11 is 1.02. The number of rotatable bonds is 4. The molecule has 0 saturated heterocycles. The van der Waals surface area contributed by atoms with Crippen molar-refractivity contribution in [3.63, 3.8) is 0 Å². The lowest BCUT2D eigenvalue weighted by atomic mass is 10.2. The van der Waals surface area contributed by atoms with Gasteiger partial charge in [-0.15, -0.1) is 0 Å². The molecule has 1 aromatic heterocycles. The van der Waals surface area contributed by atoms with E-state index in [4.69, 9.17) is 4.74 Å².